The Bertz CT molecular complexity index is 2840. The number of ketones is 2. The molecule has 367 valence electrons. The first-order valence-corrected chi connectivity index (χ1v) is 26.0. The minimum absolute atomic E-state index is 0.0793. The van der Waals surface area contributed by atoms with E-state index in [4.69, 9.17) is 32.8 Å². The molecular weight excluding hydrogens is 903 g/mol. The molecule has 13 rings (SSSR count). The number of rotatable bonds is 11. The quantitative estimate of drug-likeness (QED) is 0.213. The van der Waals surface area contributed by atoms with Gasteiger partial charge in [0.05, 0.1) is 37.6 Å². The molecule has 1 spiro atoms. The molecule has 0 aromatic heterocycles. The first kappa shape index (κ1) is 46.8. The summed E-state index contributed by atoms with van der Waals surface area (Å²) in [4.78, 5) is 27.7. The Hall–Kier alpha value is -5.51. The minimum Gasteiger partial charge on any atom is -0.513 e. The van der Waals surface area contributed by atoms with E-state index in [1.807, 2.05) is 38.4 Å². The van der Waals surface area contributed by atoms with E-state index >= 15 is 0 Å². The van der Waals surface area contributed by atoms with Gasteiger partial charge in [0, 0.05) is 47.3 Å². The molecule has 3 aromatic rings. The molecule has 2 bridgehead atoms. The van der Waals surface area contributed by atoms with Gasteiger partial charge in [-0.2, -0.15) is 0 Å². The topological polar surface area (TPSA) is 146 Å². The fourth-order valence-corrected chi connectivity index (χ4v) is 15.3. The van der Waals surface area contributed by atoms with E-state index in [1.54, 1.807) is 33.5 Å². The third kappa shape index (κ3) is 6.00. The molecule has 1 fully saturated rings. The van der Waals surface area contributed by atoms with Crippen LogP contribution in [-0.4, -0.2) is 128 Å². The van der Waals surface area contributed by atoms with Gasteiger partial charge in [-0.25, -0.2) is 0 Å². The molecule has 11 atom stereocenters. The fourth-order valence-electron chi connectivity index (χ4n) is 15.0. The van der Waals surface area contributed by atoms with E-state index in [0.717, 1.165) is 78.5 Å². The minimum atomic E-state index is -1.17. The summed E-state index contributed by atoms with van der Waals surface area (Å²) >= 11 is 0. The van der Waals surface area contributed by atoms with E-state index in [0.29, 0.717) is 36.4 Å². The monoisotopic (exact) mass is 966 g/mol. The molecule has 0 saturated carbocycles. The van der Waals surface area contributed by atoms with Crippen molar-refractivity contribution in [1.82, 2.24) is 15.5 Å². The zero-order valence-corrected chi connectivity index (χ0v) is 42.4. The third-order valence-corrected chi connectivity index (χ3v) is 17.9. The highest BCUT2D eigenvalue weighted by molar-refractivity contribution is 6.34. The summed E-state index contributed by atoms with van der Waals surface area (Å²) in [5.74, 6) is 5.65. The van der Waals surface area contributed by atoms with Gasteiger partial charge in [-0.15, -0.1) is 0 Å². The van der Waals surface area contributed by atoms with Crippen molar-refractivity contribution in [3.63, 3.8) is 0 Å². The van der Waals surface area contributed by atoms with Gasteiger partial charge in [0.1, 0.15) is 11.4 Å². The van der Waals surface area contributed by atoms with Crippen LogP contribution >= 0.6 is 0 Å². The van der Waals surface area contributed by atoms with Crippen LogP contribution in [0.5, 0.6) is 34.5 Å². The smallest absolute Gasteiger partial charge is 0.281 e. The van der Waals surface area contributed by atoms with Crippen LogP contribution in [0.25, 0.3) is 0 Å². The third-order valence-electron chi connectivity index (χ3n) is 17.6. The van der Waals surface area contributed by atoms with Gasteiger partial charge >= 0.3 is 0 Å². The van der Waals surface area contributed by atoms with Crippen molar-refractivity contribution in [3.8, 4) is 34.5 Å². The van der Waals surface area contributed by atoms with Gasteiger partial charge in [-0.3, -0.25) is 14.5 Å². The maximum atomic E-state index is 12.7. The molecule has 13 nitrogen and oxygen atoms in total. The van der Waals surface area contributed by atoms with Crippen molar-refractivity contribution in [3.05, 3.63) is 118 Å². The van der Waals surface area contributed by atoms with Gasteiger partial charge in [0.25, 0.3) is 9.38 Å². The van der Waals surface area contributed by atoms with Crippen LogP contribution in [-0.2, 0) is 49.5 Å². The second kappa shape index (κ2) is 17.1. The summed E-state index contributed by atoms with van der Waals surface area (Å²) in [6.07, 6.45) is 20.1. The summed E-state index contributed by atoms with van der Waals surface area (Å²) < 4.78 is 41.2. The normalized spacial score (nSPS) is 33.9. The summed E-state index contributed by atoms with van der Waals surface area (Å²) in [5, 5.41) is 18.5. The SMILES string of the molecule is C=[Si]OC1=CC=C2C3Cc4ccc(OC)c5c4[C@@]2(CN3C)C1O5.CCC[C@]12c3c4ccc(OC)c3OC1C(=O)C=CC2(O)C(NC)C4.CCC[C@]12c3c4ccc(OC)c3OC1C(=O)C=CC2C(NC)C4. The van der Waals surface area contributed by atoms with Gasteiger partial charge in [-0.1, -0.05) is 63.2 Å². The second-order valence-electron chi connectivity index (χ2n) is 20.4. The lowest BCUT2D eigenvalue weighted by atomic mass is 9.52. The van der Waals surface area contributed by atoms with E-state index in [2.05, 4.69) is 73.0 Å². The Morgan fingerprint density at radius 2 is 1.36 bits per heavy atom. The van der Waals surface area contributed by atoms with Crippen molar-refractivity contribution in [2.45, 2.75) is 117 Å². The van der Waals surface area contributed by atoms with Crippen molar-refractivity contribution < 1.29 is 47.5 Å². The van der Waals surface area contributed by atoms with Gasteiger partial charge in [-0.05, 0) is 118 Å². The molecule has 8 unspecified atom stereocenters. The number of likely N-dealkylation sites (N-methyl/N-ethyl adjacent to an activating group) is 3. The highest BCUT2D eigenvalue weighted by Crippen LogP contribution is 2.64. The Balaban J connectivity index is 0.000000114. The second-order valence-corrected chi connectivity index (χ2v) is 20.9. The Morgan fingerprint density at radius 1 is 0.757 bits per heavy atom. The highest BCUT2D eigenvalue weighted by atomic mass is 28.2. The molecule has 1 radical (unpaired) electrons. The van der Waals surface area contributed by atoms with E-state index < -0.39 is 23.2 Å². The maximum Gasteiger partial charge on any atom is 0.281 e. The van der Waals surface area contributed by atoms with Crippen LogP contribution < -0.4 is 39.1 Å². The van der Waals surface area contributed by atoms with Crippen LogP contribution in [0, 0.1) is 5.92 Å². The van der Waals surface area contributed by atoms with Crippen molar-refractivity contribution >= 4 is 27.1 Å². The molecule has 70 heavy (non-hydrogen) atoms. The lowest BCUT2D eigenvalue weighted by molar-refractivity contribution is -0.135. The number of carbonyl (C=O) groups excluding carboxylic acids is 2. The molecule has 6 aliphatic carbocycles. The van der Waals surface area contributed by atoms with Crippen LogP contribution in [0.4, 0.5) is 0 Å². The average Bonchev–Trinajstić information content (AvgIpc) is 4.08. The number of carbonyl (C=O) groups is 2. The Kier molecular flexibility index (Phi) is 11.4. The number of nitrogens with zero attached hydrogens (tertiary/aromatic N) is 1. The highest BCUT2D eigenvalue weighted by Gasteiger charge is 2.69. The predicted molar refractivity (Wildman–Crippen MR) is 267 cm³/mol. The lowest BCUT2D eigenvalue weighted by Crippen LogP contribution is -2.70. The van der Waals surface area contributed by atoms with Crippen LogP contribution in [0.15, 0.2) is 84.2 Å². The van der Waals surface area contributed by atoms with Gasteiger partial charge < -0.3 is 48.6 Å². The molecule has 10 aliphatic rings. The van der Waals surface area contributed by atoms with Gasteiger partial charge in [0.2, 0.25) is 0 Å². The van der Waals surface area contributed by atoms with Gasteiger partial charge in [0.15, 0.2) is 64.4 Å². The number of allylic oxidation sites excluding steroid dienone is 2. The van der Waals surface area contributed by atoms with Crippen molar-refractivity contribution in [2.24, 2.45) is 5.92 Å². The summed E-state index contributed by atoms with van der Waals surface area (Å²) in [5.41, 5.74) is 6.43. The number of methoxy groups -OCH3 is 3. The zero-order valence-electron chi connectivity index (χ0n) is 41.4. The van der Waals surface area contributed by atoms with E-state index in [9.17, 15) is 14.7 Å². The van der Waals surface area contributed by atoms with Crippen LogP contribution in [0.3, 0.4) is 0 Å². The number of benzene rings is 3. The maximum absolute atomic E-state index is 12.7. The number of hydrogen-bond donors (Lipinski definition) is 3. The molecular formula is C56H64N3O10Si. The molecule has 4 aliphatic heterocycles. The molecule has 0 amide bonds. The Labute approximate surface area is 412 Å². The molecule has 3 aromatic carbocycles. The van der Waals surface area contributed by atoms with E-state index in [-0.39, 0.29) is 49.8 Å². The Morgan fingerprint density at radius 3 is 1.99 bits per heavy atom. The largest absolute Gasteiger partial charge is 0.513 e. The van der Waals surface area contributed by atoms with Crippen molar-refractivity contribution in [1.29, 1.82) is 0 Å². The zero-order chi connectivity index (χ0) is 49.1. The standard InChI is InChI=1S/C19H23NO4.C19H23NO3.C18H18NO3Si/c1-4-8-18-15-11-5-6-13(23-3)16(15)24-17(18)12(21)7-9-19(18,22)14(10-11)20-2;1-4-9-19-12-6-7-14(21)18(19)23-17-15(22-3)8-5-11(16(17)19)10-13(12)20-2;1-19-9-18-11-5-7-14(22-23-3)17(18)21-16-13(20-2)6-4-10(15(16)18)8-12(11)19/h5-7,9,14,17,20,22H,4,8,10H2,1-3H3;5-8,12-13,18,20H,4,9-10H2,1-3H3;4-7,12,17H,3,8-9H2,1-2H3/t14?,17?,18-,19?;12?,13?,18?,19-;12?,17?,18-/m000/s1. The first-order valence-electron chi connectivity index (χ1n) is 24.8. The summed E-state index contributed by atoms with van der Waals surface area (Å²) in [6.45, 7) is 5.21. The fraction of sp³-hybridized carbons (Fsp3) is 0.482. The summed E-state index contributed by atoms with van der Waals surface area (Å²) in [6, 6.07) is 12.9. The number of ether oxygens (including phenoxy) is 6. The molecule has 4 heterocycles. The molecule has 1 saturated heterocycles. The van der Waals surface area contributed by atoms with Crippen LogP contribution in [0.1, 0.15) is 72.9 Å². The first-order chi connectivity index (χ1) is 33.9. The summed E-state index contributed by atoms with van der Waals surface area (Å²) in [7, 11) is 11.2. The van der Waals surface area contributed by atoms with Crippen molar-refractivity contribution in [2.75, 3.05) is 49.0 Å². The number of likely N-dealkylation sites (tertiary alicyclic amines) is 1. The van der Waals surface area contributed by atoms with E-state index in [1.165, 1.54) is 33.9 Å². The predicted octanol–water partition coefficient (Wildman–Crippen LogP) is 5.36. The number of nitrogens with one attached hydrogen (secondary N) is 2. The molecule has 3 N–H and O–H groups in total. The van der Waals surface area contributed by atoms with Crippen LogP contribution in [0.2, 0.25) is 0 Å². The lowest BCUT2D eigenvalue weighted by Gasteiger charge is -2.54. The number of hydrogen-bond acceptors (Lipinski definition) is 13. The average molecular weight is 967 g/mol. The number of aliphatic hydroxyl groups is 1. The molecule has 14 heteroatoms.